The van der Waals surface area contributed by atoms with E-state index in [1.807, 2.05) is 6.20 Å². The highest BCUT2D eigenvalue weighted by atomic mass is 16.3. The topological polar surface area (TPSA) is 26.0 Å². The van der Waals surface area contributed by atoms with Gasteiger partial charge in [-0.2, -0.15) is 0 Å². The molecule has 3 aromatic carbocycles. The summed E-state index contributed by atoms with van der Waals surface area (Å²) in [5.41, 5.74) is 4.97. The Hall–Kier alpha value is -3.07. The normalized spacial score (nSPS) is 16.4. The van der Waals surface area contributed by atoms with E-state index >= 15 is 0 Å². The summed E-state index contributed by atoms with van der Waals surface area (Å²) in [5, 5.41) is 4.36. The molecule has 0 bridgehead atoms. The molecule has 0 amide bonds. The standard InChI is InChI=1S/C27H22BNO/c28-27(14-4-1-5-15-27)19-13-16-29-24(17-19)23-10-6-9-21-22-12-11-18-7-2-3-8-20(18)25(22)30-26(21)23/h2-3,6-13,16-17H,1,4-5,14-15H2. The predicted octanol–water partition coefficient (Wildman–Crippen LogP) is 7.13. The van der Waals surface area contributed by atoms with E-state index in [0.717, 1.165) is 51.4 Å². The van der Waals surface area contributed by atoms with E-state index in [-0.39, 0.29) is 5.31 Å². The highest BCUT2D eigenvalue weighted by molar-refractivity contribution is 6.17. The Kier molecular flexibility index (Phi) is 3.99. The van der Waals surface area contributed by atoms with Crippen LogP contribution in [0.15, 0.2) is 77.3 Å². The SMILES string of the molecule is [B]C1(c2ccnc(-c3cccc4c3oc3c5ccccc5ccc43)c2)CCCCC1. The van der Waals surface area contributed by atoms with Gasteiger partial charge in [-0.3, -0.25) is 4.98 Å². The monoisotopic (exact) mass is 387 g/mol. The highest BCUT2D eigenvalue weighted by Crippen LogP contribution is 2.40. The molecule has 0 atom stereocenters. The molecule has 1 aliphatic carbocycles. The Morgan fingerprint density at radius 3 is 2.47 bits per heavy atom. The van der Waals surface area contributed by atoms with Crippen LogP contribution in [0.3, 0.4) is 0 Å². The second-order valence-corrected chi connectivity index (χ2v) is 8.59. The van der Waals surface area contributed by atoms with Gasteiger partial charge in [-0.25, -0.2) is 0 Å². The van der Waals surface area contributed by atoms with E-state index in [4.69, 9.17) is 17.2 Å². The summed E-state index contributed by atoms with van der Waals surface area (Å²) in [6.07, 6.45) is 7.64. The van der Waals surface area contributed by atoms with Crippen molar-refractivity contribution in [2.45, 2.75) is 37.4 Å². The summed E-state index contributed by atoms with van der Waals surface area (Å²) in [6, 6.07) is 23.3. The molecule has 144 valence electrons. The number of aromatic nitrogens is 1. The van der Waals surface area contributed by atoms with Crippen LogP contribution in [0.25, 0.3) is 44.0 Å². The number of rotatable bonds is 2. The van der Waals surface area contributed by atoms with Gasteiger partial charge in [-0.05, 0) is 40.5 Å². The van der Waals surface area contributed by atoms with Crippen LogP contribution >= 0.6 is 0 Å². The molecule has 6 rings (SSSR count). The molecule has 1 fully saturated rings. The van der Waals surface area contributed by atoms with E-state index < -0.39 is 0 Å². The lowest BCUT2D eigenvalue weighted by Gasteiger charge is -2.34. The molecule has 2 nitrogen and oxygen atoms in total. The number of hydrogen-bond acceptors (Lipinski definition) is 2. The van der Waals surface area contributed by atoms with Crippen molar-refractivity contribution in [1.82, 2.24) is 4.98 Å². The Labute approximate surface area is 177 Å². The van der Waals surface area contributed by atoms with Gasteiger partial charge in [-0.1, -0.05) is 74.6 Å². The Morgan fingerprint density at radius 1 is 0.767 bits per heavy atom. The fourth-order valence-corrected chi connectivity index (χ4v) is 5.09. The van der Waals surface area contributed by atoms with E-state index in [1.54, 1.807) is 0 Å². The smallest absolute Gasteiger partial charge is 0.144 e. The fraction of sp³-hybridized carbons (Fsp3) is 0.222. The quantitative estimate of drug-likeness (QED) is 0.301. The Morgan fingerprint density at radius 2 is 1.57 bits per heavy atom. The Bertz CT molecular complexity index is 1390. The van der Waals surface area contributed by atoms with Crippen molar-refractivity contribution < 1.29 is 4.42 Å². The van der Waals surface area contributed by atoms with Crippen molar-refractivity contribution in [2.24, 2.45) is 0 Å². The summed E-state index contributed by atoms with van der Waals surface area (Å²) in [7, 11) is 6.81. The molecule has 2 radical (unpaired) electrons. The summed E-state index contributed by atoms with van der Waals surface area (Å²) in [4.78, 5) is 4.70. The van der Waals surface area contributed by atoms with E-state index in [2.05, 4.69) is 66.7 Å². The van der Waals surface area contributed by atoms with E-state index in [9.17, 15) is 0 Å². The van der Waals surface area contributed by atoms with Gasteiger partial charge in [0.25, 0.3) is 0 Å². The van der Waals surface area contributed by atoms with Crippen LogP contribution in [0.1, 0.15) is 37.7 Å². The van der Waals surface area contributed by atoms with Gasteiger partial charge < -0.3 is 4.42 Å². The third-order valence-corrected chi connectivity index (χ3v) is 6.75. The molecule has 3 heteroatoms. The zero-order valence-corrected chi connectivity index (χ0v) is 16.9. The second kappa shape index (κ2) is 6.73. The number of benzene rings is 3. The van der Waals surface area contributed by atoms with Gasteiger partial charge in [0.1, 0.15) is 11.2 Å². The van der Waals surface area contributed by atoms with Crippen molar-refractivity contribution in [1.29, 1.82) is 0 Å². The molecule has 0 saturated heterocycles. The van der Waals surface area contributed by atoms with Crippen molar-refractivity contribution in [3.63, 3.8) is 0 Å². The zero-order valence-electron chi connectivity index (χ0n) is 16.9. The second-order valence-electron chi connectivity index (χ2n) is 8.59. The largest absolute Gasteiger partial charge is 0.455 e. The number of hydrogen-bond donors (Lipinski definition) is 0. The molecular formula is C27H22BNO. The van der Waals surface area contributed by atoms with Crippen LogP contribution in [0.4, 0.5) is 0 Å². The highest BCUT2D eigenvalue weighted by Gasteiger charge is 2.28. The van der Waals surface area contributed by atoms with Crippen LogP contribution in [0, 0.1) is 0 Å². The summed E-state index contributed by atoms with van der Waals surface area (Å²) in [5.74, 6) is 0. The first-order valence-electron chi connectivity index (χ1n) is 10.8. The van der Waals surface area contributed by atoms with Gasteiger partial charge >= 0.3 is 0 Å². The maximum atomic E-state index is 6.81. The average Bonchev–Trinajstić information content (AvgIpc) is 3.19. The zero-order chi connectivity index (χ0) is 20.1. The first kappa shape index (κ1) is 17.8. The number of para-hydroxylation sites is 1. The van der Waals surface area contributed by atoms with Crippen LogP contribution in [0.5, 0.6) is 0 Å². The molecule has 30 heavy (non-hydrogen) atoms. The fourth-order valence-electron chi connectivity index (χ4n) is 5.09. The summed E-state index contributed by atoms with van der Waals surface area (Å²) in [6.45, 7) is 0. The third-order valence-electron chi connectivity index (χ3n) is 6.75. The molecule has 0 N–H and O–H groups in total. The lowest BCUT2D eigenvalue weighted by atomic mass is 9.57. The first-order chi connectivity index (χ1) is 14.7. The number of fused-ring (bicyclic) bond motifs is 5. The molecule has 1 saturated carbocycles. The molecular weight excluding hydrogens is 365 g/mol. The predicted molar refractivity (Wildman–Crippen MR) is 125 cm³/mol. The molecule has 2 heterocycles. The van der Waals surface area contributed by atoms with Crippen molar-refractivity contribution in [2.75, 3.05) is 0 Å². The molecule has 0 unspecified atom stereocenters. The summed E-state index contributed by atoms with van der Waals surface area (Å²) >= 11 is 0. The lowest BCUT2D eigenvalue weighted by molar-refractivity contribution is 0.398. The molecule has 0 aliphatic heterocycles. The van der Waals surface area contributed by atoms with Crippen LogP contribution in [-0.4, -0.2) is 12.8 Å². The maximum absolute atomic E-state index is 6.81. The van der Waals surface area contributed by atoms with Gasteiger partial charge in [0.15, 0.2) is 0 Å². The minimum absolute atomic E-state index is 0.242. The molecule has 0 spiro atoms. The van der Waals surface area contributed by atoms with E-state index in [1.165, 1.54) is 30.2 Å². The molecule has 1 aliphatic rings. The van der Waals surface area contributed by atoms with Gasteiger partial charge in [-0.15, -0.1) is 0 Å². The molecule has 2 aromatic heterocycles. The van der Waals surface area contributed by atoms with Gasteiger partial charge in [0.2, 0.25) is 0 Å². The van der Waals surface area contributed by atoms with Gasteiger partial charge in [0.05, 0.1) is 13.5 Å². The third kappa shape index (κ3) is 2.69. The van der Waals surface area contributed by atoms with Crippen LogP contribution in [-0.2, 0) is 5.31 Å². The van der Waals surface area contributed by atoms with Crippen molar-refractivity contribution in [3.8, 4) is 11.3 Å². The van der Waals surface area contributed by atoms with Gasteiger partial charge in [0, 0.05) is 27.9 Å². The number of pyridine rings is 1. The number of furan rings is 1. The average molecular weight is 387 g/mol. The first-order valence-corrected chi connectivity index (χ1v) is 10.8. The van der Waals surface area contributed by atoms with Crippen LogP contribution < -0.4 is 0 Å². The number of nitrogens with zero attached hydrogens (tertiary/aromatic N) is 1. The van der Waals surface area contributed by atoms with Crippen molar-refractivity contribution in [3.05, 3.63) is 78.5 Å². The van der Waals surface area contributed by atoms with Crippen molar-refractivity contribution >= 4 is 40.6 Å². The van der Waals surface area contributed by atoms with E-state index in [0.29, 0.717) is 0 Å². The lowest BCUT2D eigenvalue weighted by Crippen LogP contribution is -2.29. The maximum Gasteiger partial charge on any atom is 0.144 e. The minimum Gasteiger partial charge on any atom is -0.455 e. The van der Waals surface area contributed by atoms with Crippen LogP contribution in [0.2, 0.25) is 0 Å². The minimum atomic E-state index is -0.242. The Balaban J connectivity index is 1.57. The molecule has 5 aromatic rings. The summed E-state index contributed by atoms with van der Waals surface area (Å²) < 4.78 is 6.49.